The molecule has 0 spiro atoms. The first-order valence-electron chi connectivity index (χ1n) is 5.87. The summed E-state index contributed by atoms with van der Waals surface area (Å²) in [6, 6.07) is 4.46. The summed E-state index contributed by atoms with van der Waals surface area (Å²) >= 11 is 0. The Bertz CT molecular complexity index is 723. The topological polar surface area (TPSA) is 96.6 Å². The summed E-state index contributed by atoms with van der Waals surface area (Å²) in [4.78, 5) is 17.4. The molecule has 1 aromatic carbocycles. The zero-order valence-corrected chi connectivity index (χ0v) is 11.4. The molecular formula is C12H8F3N3O5. The quantitative estimate of drug-likeness (QED) is 0.613. The molecule has 0 aliphatic carbocycles. The second kappa shape index (κ2) is 6.34. The predicted octanol–water partition coefficient (Wildman–Crippen LogP) is 3.08. The monoisotopic (exact) mass is 331 g/mol. The summed E-state index contributed by atoms with van der Waals surface area (Å²) in [5, 5.41) is 11.0. The Labute approximate surface area is 126 Å². The number of hydrogen-bond acceptors (Lipinski definition) is 7. The first kappa shape index (κ1) is 16.3. The van der Waals surface area contributed by atoms with Crippen molar-refractivity contribution in [1.29, 1.82) is 0 Å². The Morgan fingerprint density at radius 2 is 1.83 bits per heavy atom. The Morgan fingerprint density at radius 3 is 2.43 bits per heavy atom. The van der Waals surface area contributed by atoms with Crippen LogP contribution in [0.25, 0.3) is 0 Å². The van der Waals surface area contributed by atoms with Gasteiger partial charge in [-0.05, 0) is 12.1 Å². The van der Waals surface area contributed by atoms with Crippen LogP contribution in [-0.2, 0) is 0 Å². The molecule has 11 heteroatoms. The first-order valence-corrected chi connectivity index (χ1v) is 5.87. The third kappa shape index (κ3) is 4.18. The van der Waals surface area contributed by atoms with Crippen molar-refractivity contribution in [2.24, 2.45) is 0 Å². The highest BCUT2D eigenvalue weighted by Crippen LogP contribution is 2.36. The number of hydrogen-bond donors (Lipinski definition) is 0. The van der Waals surface area contributed by atoms with Gasteiger partial charge in [0.25, 0.3) is 0 Å². The number of halogens is 3. The minimum Gasteiger partial charge on any atom is -0.476 e. The van der Waals surface area contributed by atoms with E-state index in [9.17, 15) is 23.3 Å². The van der Waals surface area contributed by atoms with Gasteiger partial charge in [-0.2, -0.15) is 9.97 Å². The van der Waals surface area contributed by atoms with Crippen LogP contribution in [0, 0.1) is 10.1 Å². The zero-order chi connectivity index (χ0) is 17.0. The maximum atomic E-state index is 12.2. The van der Waals surface area contributed by atoms with Gasteiger partial charge in [0.15, 0.2) is 0 Å². The van der Waals surface area contributed by atoms with Crippen LogP contribution < -0.4 is 14.2 Å². The molecule has 23 heavy (non-hydrogen) atoms. The summed E-state index contributed by atoms with van der Waals surface area (Å²) in [7, 11) is 1.16. The molecule has 122 valence electrons. The number of nitro groups is 1. The van der Waals surface area contributed by atoms with Crippen LogP contribution in [0.4, 0.5) is 18.9 Å². The molecule has 1 aromatic heterocycles. The zero-order valence-electron chi connectivity index (χ0n) is 11.4. The molecule has 0 amide bonds. The number of benzene rings is 1. The Morgan fingerprint density at radius 1 is 1.17 bits per heavy atom. The fourth-order valence-electron chi connectivity index (χ4n) is 1.57. The summed E-state index contributed by atoms with van der Waals surface area (Å²) in [6.07, 6.45) is -3.92. The Hall–Kier alpha value is -3.11. The minimum absolute atomic E-state index is 0.143. The highest BCUT2D eigenvalue weighted by atomic mass is 19.4. The van der Waals surface area contributed by atoms with Crippen molar-refractivity contribution in [1.82, 2.24) is 9.97 Å². The van der Waals surface area contributed by atoms with Gasteiger partial charge in [0.05, 0.1) is 12.0 Å². The fraction of sp³-hybridized carbons (Fsp3) is 0.167. The molecule has 0 fully saturated rings. The number of aromatic nitrogens is 2. The lowest BCUT2D eigenvalue weighted by atomic mass is 10.3. The van der Waals surface area contributed by atoms with Gasteiger partial charge in [-0.15, -0.1) is 13.2 Å². The van der Waals surface area contributed by atoms with E-state index in [1.165, 1.54) is 12.1 Å². The lowest BCUT2D eigenvalue weighted by Gasteiger charge is -2.10. The molecule has 0 aliphatic rings. The van der Waals surface area contributed by atoms with Crippen LogP contribution in [0.1, 0.15) is 0 Å². The highest BCUT2D eigenvalue weighted by molar-refractivity contribution is 5.51. The van der Waals surface area contributed by atoms with Gasteiger partial charge in [-0.1, -0.05) is 6.07 Å². The van der Waals surface area contributed by atoms with Crippen molar-refractivity contribution in [3.8, 4) is 23.3 Å². The molecule has 0 saturated carbocycles. The van der Waals surface area contributed by atoms with Crippen LogP contribution in [0.5, 0.6) is 23.3 Å². The summed E-state index contributed by atoms with van der Waals surface area (Å²) in [6.45, 7) is 0. The van der Waals surface area contributed by atoms with Crippen LogP contribution in [0.2, 0.25) is 0 Å². The number of nitrogens with zero attached hydrogens (tertiary/aromatic N) is 3. The molecule has 0 aliphatic heterocycles. The van der Waals surface area contributed by atoms with Gasteiger partial charge in [-0.3, -0.25) is 10.1 Å². The second-order valence-electron chi connectivity index (χ2n) is 3.92. The van der Waals surface area contributed by atoms with E-state index < -0.39 is 28.6 Å². The van der Waals surface area contributed by atoms with Crippen LogP contribution in [0.3, 0.4) is 0 Å². The molecule has 2 rings (SSSR count). The highest BCUT2D eigenvalue weighted by Gasteiger charge is 2.31. The maximum absolute atomic E-state index is 12.2. The molecule has 0 saturated heterocycles. The Balaban J connectivity index is 2.33. The van der Waals surface area contributed by atoms with Crippen molar-refractivity contribution < 1.29 is 32.3 Å². The van der Waals surface area contributed by atoms with Crippen LogP contribution in [0.15, 0.2) is 30.6 Å². The molecule has 0 bridgehead atoms. The second-order valence-corrected chi connectivity index (χ2v) is 3.92. The van der Waals surface area contributed by atoms with E-state index in [1.54, 1.807) is 0 Å². The van der Waals surface area contributed by atoms with Gasteiger partial charge in [0, 0.05) is 6.07 Å². The fourth-order valence-corrected chi connectivity index (χ4v) is 1.57. The lowest BCUT2D eigenvalue weighted by Crippen LogP contribution is -2.17. The van der Waals surface area contributed by atoms with E-state index in [0.717, 1.165) is 25.6 Å². The summed E-state index contributed by atoms with van der Waals surface area (Å²) < 4.78 is 50.1. The van der Waals surface area contributed by atoms with E-state index in [0.29, 0.717) is 0 Å². The number of ether oxygens (including phenoxy) is 3. The van der Waals surface area contributed by atoms with Crippen molar-refractivity contribution in [3.63, 3.8) is 0 Å². The third-order valence-corrected chi connectivity index (χ3v) is 2.38. The largest absolute Gasteiger partial charge is 0.573 e. The molecule has 0 radical (unpaired) electrons. The molecule has 8 nitrogen and oxygen atoms in total. The van der Waals surface area contributed by atoms with Crippen molar-refractivity contribution in [2.75, 3.05) is 7.11 Å². The Kier molecular flexibility index (Phi) is 4.48. The molecule has 1 heterocycles. The average Bonchev–Trinajstić information content (AvgIpc) is 2.45. The molecular weight excluding hydrogens is 323 g/mol. The van der Waals surface area contributed by atoms with Crippen molar-refractivity contribution >= 4 is 5.69 Å². The number of methoxy groups -OCH3 is 1. The first-order chi connectivity index (χ1) is 10.8. The van der Waals surface area contributed by atoms with E-state index >= 15 is 0 Å². The van der Waals surface area contributed by atoms with Gasteiger partial charge in [0.1, 0.15) is 17.8 Å². The predicted molar refractivity (Wildman–Crippen MR) is 68.4 cm³/mol. The maximum Gasteiger partial charge on any atom is 0.573 e. The standard InChI is InChI=1S/C12H8F3N3O5/c1-21-10-9(18(19)20)11(17-6-16-10)22-7-3-2-4-8(5-7)23-12(13,14)15/h2-6H,1H3. The van der Waals surface area contributed by atoms with Gasteiger partial charge in [0.2, 0.25) is 0 Å². The van der Waals surface area contributed by atoms with Gasteiger partial charge in [-0.25, -0.2) is 0 Å². The number of rotatable bonds is 5. The summed E-state index contributed by atoms with van der Waals surface area (Å²) in [5.74, 6) is -1.51. The third-order valence-electron chi connectivity index (χ3n) is 2.38. The average molecular weight is 331 g/mol. The van der Waals surface area contributed by atoms with E-state index in [4.69, 9.17) is 9.47 Å². The van der Waals surface area contributed by atoms with Crippen LogP contribution in [-0.4, -0.2) is 28.4 Å². The van der Waals surface area contributed by atoms with E-state index in [-0.39, 0.29) is 11.6 Å². The van der Waals surface area contributed by atoms with Crippen molar-refractivity contribution in [2.45, 2.75) is 6.36 Å². The summed E-state index contributed by atoms with van der Waals surface area (Å²) in [5.41, 5.74) is -0.655. The minimum atomic E-state index is -4.87. The normalized spacial score (nSPS) is 11.0. The molecule has 2 aromatic rings. The number of alkyl halides is 3. The smallest absolute Gasteiger partial charge is 0.476 e. The van der Waals surface area contributed by atoms with Crippen LogP contribution >= 0.6 is 0 Å². The molecule has 0 atom stereocenters. The van der Waals surface area contributed by atoms with Gasteiger partial charge >= 0.3 is 23.8 Å². The molecule has 0 unspecified atom stereocenters. The van der Waals surface area contributed by atoms with Gasteiger partial charge < -0.3 is 14.2 Å². The van der Waals surface area contributed by atoms with Crippen molar-refractivity contribution in [3.05, 3.63) is 40.7 Å². The SMILES string of the molecule is COc1ncnc(Oc2cccc(OC(F)(F)F)c2)c1[N+](=O)[O-]. The van der Waals surface area contributed by atoms with E-state index in [1.807, 2.05) is 0 Å². The lowest BCUT2D eigenvalue weighted by molar-refractivity contribution is -0.387. The van der Waals surface area contributed by atoms with E-state index in [2.05, 4.69) is 14.7 Å². The molecule has 0 N–H and O–H groups in total.